The van der Waals surface area contributed by atoms with Crippen molar-refractivity contribution in [2.24, 2.45) is 0 Å². The normalized spacial score (nSPS) is 12.9. The van der Waals surface area contributed by atoms with Crippen LogP contribution < -0.4 is 0 Å². The van der Waals surface area contributed by atoms with Crippen LogP contribution in [0.25, 0.3) is 99.9 Å². The smallest absolute Gasteiger partial charge is 0.164 e. The molecular formula is C54H37N3. The molecule has 1 heterocycles. The van der Waals surface area contributed by atoms with Crippen molar-refractivity contribution < 1.29 is 0 Å². The minimum absolute atomic E-state index is 0.0539. The number of benzene rings is 9. The molecule has 0 N–H and O–H groups in total. The van der Waals surface area contributed by atoms with E-state index in [1.165, 1.54) is 60.1 Å². The molecule has 0 fully saturated rings. The fourth-order valence-electron chi connectivity index (χ4n) is 9.09. The van der Waals surface area contributed by atoms with E-state index in [-0.39, 0.29) is 5.41 Å². The maximum absolute atomic E-state index is 5.24. The zero-order valence-electron chi connectivity index (χ0n) is 31.7. The van der Waals surface area contributed by atoms with Crippen LogP contribution in [0.5, 0.6) is 0 Å². The van der Waals surface area contributed by atoms with Crippen molar-refractivity contribution in [1.29, 1.82) is 0 Å². The van der Waals surface area contributed by atoms with E-state index < -0.39 is 0 Å². The van der Waals surface area contributed by atoms with Gasteiger partial charge in [-0.1, -0.05) is 190 Å². The molecule has 57 heavy (non-hydrogen) atoms. The van der Waals surface area contributed by atoms with Gasteiger partial charge >= 0.3 is 0 Å². The van der Waals surface area contributed by atoms with Crippen molar-refractivity contribution in [2.75, 3.05) is 0 Å². The highest BCUT2D eigenvalue weighted by Gasteiger charge is 2.35. The lowest BCUT2D eigenvalue weighted by atomic mass is 9.82. The Labute approximate surface area is 332 Å². The van der Waals surface area contributed by atoms with Gasteiger partial charge in [0.1, 0.15) is 0 Å². The molecule has 3 heteroatoms. The van der Waals surface area contributed by atoms with Crippen molar-refractivity contribution >= 4 is 32.3 Å². The van der Waals surface area contributed by atoms with Gasteiger partial charge in [-0.25, -0.2) is 15.0 Å². The Bertz CT molecular complexity index is 3200. The second-order valence-corrected chi connectivity index (χ2v) is 15.6. The van der Waals surface area contributed by atoms with Crippen LogP contribution in [0.2, 0.25) is 0 Å². The van der Waals surface area contributed by atoms with Crippen LogP contribution in [0, 0.1) is 0 Å². The third-order valence-electron chi connectivity index (χ3n) is 11.9. The minimum atomic E-state index is -0.0539. The maximum atomic E-state index is 5.24. The van der Waals surface area contributed by atoms with Gasteiger partial charge in [-0.05, 0) is 89.0 Å². The first kappa shape index (κ1) is 33.1. The van der Waals surface area contributed by atoms with Gasteiger partial charge < -0.3 is 0 Å². The molecule has 9 aromatic carbocycles. The predicted molar refractivity (Wildman–Crippen MR) is 237 cm³/mol. The summed E-state index contributed by atoms with van der Waals surface area (Å²) in [5.74, 6) is 1.93. The summed E-state index contributed by atoms with van der Waals surface area (Å²) in [4.78, 5) is 15.5. The molecular weight excluding hydrogens is 691 g/mol. The van der Waals surface area contributed by atoms with E-state index in [1.807, 2.05) is 18.2 Å². The van der Waals surface area contributed by atoms with Gasteiger partial charge in [0.25, 0.3) is 0 Å². The van der Waals surface area contributed by atoms with Crippen LogP contribution in [-0.4, -0.2) is 15.0 Å². The van der Waals surface area contributed by atoms with E-state index in [0.29, 0.717) is 17.5 Å². The third kappa shape index (κ3) is 5.38. The van der Waals surface area contributed by atoms with Gasteiger partial charge in [-0.3, -0.25) is 0 Å². The van der Waals surface area contributed by atoms with Gasteiger partial charge in [0.15, 0.2) is 17.5 Å². The summed E-state index contributed by atoms with van der Waals surface area (Å²) in [5.41, 5.74) is 12.7. The van der Waals surface area contributed by atoms with Crippen molar-refractivity contribution in [3.63, 3.8) is 0 Å². The number of aromatic nitrogens is 3. The first-order chi connectivity index (χ1) is 28.0. The SMILES string of the molecule is CC1(C)c2ccccc2-c2cc(-c3ccccc3-c3nc(-c4ccccc4)nc(-c4ccc(-c5c6ccccc6cc6ccc7ccccc7c56)cc4)n3)ccc21. The fourth-order valence-corrected chi connectivity index (χ4v) is 9.09. The lowest BCUT2D eigenvalue weighted by molar-refractivity contribution is 0.660. The number of hydrogen-bond acceptors (Lipinski definition) is 3. The highest BCUT2D eigenvalue weighted by atomic mass is 15.0. The molecule has 1 aromatic heterocycles. The second kappa shape index (κ2) is 12.9. The van der Waals surface area contributed by atoms with Gasteiger partial charge in [0.2, 0.25) is 0 Å². The Balaban J connectivity index is 1.06. The topological polar surface area (TPSA) is 38.7 Å². The van der Waals surface area contributed by atoms with Crippen molar-refractivity contribution in [1.82, 2.24) is 15.0 Å². The summed E-state index contributed by atoms with van der Waals surface area (Å²) < 4.78 is 0. The molecule has 1 aliphatic carbocycles. The molecule has 0 radical (unpaired) electrons. The Kier molecular flexibility index (Phi) is 7.52. The van der Waals surface area contributed by atoms with Gasteiger partial charge in [0.05, 0.1) is 0 Å². The van der Waals surface area contributed by atoms with Gasteiger partial charge in [-0.2, -0.15) is 0 Å². The van der Waals surface area contributed by atoms with E-state index in [4.69, 9.17) is 15.0 Å². The molecule has 0 amide bonds. The second-order valence-electron chi connectivity index (χ2n) is 15.6. The van der Waals surface area contributed by atoms with Crippen LogP contribution >= 0.6 is 0 Å². The molecule has 0 bridgehead atoms. The Morgan fingerprint density at radius 1 is 0.333 bits per heavy atom. The molecule has 3 nitrogen and oxygen atoms in total. The quantitative estimate of drug-likeness (QED) is 0.131. The van der Waals surface area contributed by atoms with E-state index in [9.17, 15) is 0 Å². The summed E-state index contributed by atoms with van der Waals surface area (Å²) >= 11 is 0. The van der Waals surface area contributed by atoms with E-state index >= 15 is 0 Å². The molecule has 11 rings (SSSR count). The monoisotopic (exact) mass is 727 g/mol. The van der Waals surface area contributed by atoms with Gasteiger partial charge in [-0.15, -0.1) is 0 Å². The van der Waals surface area contributed by atoms with Crippen LogP contribution in [-0.2, 0) is 5.41 Å². The Morgan fingerprint density at radius 3 is 1.67 bits per heavy atom. The Hall–Kier alpha value is -7.23. The van der Waals surface area contributed by atoms with Crippen molar-refractivity contribution in [2.45, 2.75) is 19.3 Å². The number of fused-ring (bicyclic) bond motifs is 7. The van der Waals surface area contributed by atoms with Crippen LogP contribution in [0.4, 0.5) is 0 Å². The van der Waals surface area contributed by atoms with Crippen LogP contribution in [0.15, 0.2) is 188 Å². The number of nitrogens with zero attached hydrogens (tertiary/aromatic N) is 3. The first-order valence-electron chi connectivity index (χ1n) is 19.6. The summed E-state index contributed by atoms with van der Waals surface area (Å²) in [6.07, 6.45) is 0. The molecule has 0 saturated carbocycles. The summed E-state index contributed by atoms with van der Waals surface area (Å²) in [6.45, 7) is 4.64. The van der Waals surface area contributed by atoms with E-state index in [0.717, 1.165) is 33.4 Å². The highest BCUT2D eigenvalue weighted by molar-refractivity contribution is 6.22. The number of rotatable bonds is 5. The summed E-state index contributed by atoms with van der Waals surface area (Å²) in [7, 11) is 0. The molecule has 0 aliphatic heterocycles. The molecule has 0 atom stereocenters. The van der Waals surface area contributed by atoms with Crippen molar-refractivity contribution in [3.8, 4) is 67.5 Å². The third-order valence-corrected chi connectivity index (χ3v) is 11.9. The molecule has 0 spiro atoms. The lowest BCUT2D eigenvalue weighted by Crippen LogP contribution is -2.14. The fraction of sp³-hybridized carbons (Fsp3) is 0.0556. The molecule has 0 unspecified atom stereocenters. The number of hydrogen-bond donors (Lipinski definition) is 0. The molecule has 1 aliphatic rings. The molecule has 0 saturated heterocycles. The lowest BCUT2D eigenvalue weighted by Gasteiger charge is -2.21. The minimum Gasteiger partial charge on any atom is -0.208 e. The van der Waals surface area contributed by atoms with Gasteiger partial charge in [0, 0.05) is 22.1 Å². The summed E-state index contributed by atoms with van der Waals surface area (Å²) in [6, 6.07) is 67.3. The average Bonchev–Trinajstić information content (AvgIpc) is 3.51. The van der Waals surface area contributed by atoms with Crippen LogP contribution in [0.3, 0.4) is 0 Å². The van der Waals surface area contributed by atoms with Crippen molar-refractivity contribution in [3.05, 3.63) is 199 Å². The molecule has 268 valence electrons. The van der Waals surface area contributed by atoms with Crippen LogP contribution in [0.1, 0.15) is 25.0 Å². The maximum Gasteiger partial charge on any atom is 0.164 e. The highest BCUT2D eigenvalue weighted by Crippen LogP contribution is 2.50. The first-order valence-corrected chi connectivity index (χ1v) is 19.6. The summed E-state index contributed by atoms with van der Waals surface area (Å²) in [5, 5.41) is 7.45. The standard InChI is InChI=1S/C54H37N3/c1-54(2)47-23-13-12-21-44(47)46-33-39(30-31-48(46)54)41-18-10-11-22-45(41)53-56-51(36-15-4-3-5-16-36)55-52(57-53)37-27-25-35(26-28-37)49-43-20-9-7-17-38(43)32-40-29-24-34-14-6-8-19-42(34)50(40)49/h3-33H,1-2H3. The predicted octanol–water partition coefficient (Wildman–Crippen LogP) is 14.0. The average molecular weight is 728 g/mol. The largest absolute Gasteiger partial charge is 0.208 e. The van der Waals surface area contributed by atoms with E-state index in [2.05, 4.69) is 184 Å². The zero-order valence-corrected chi connectivity index (χ0v) is 31.7. The zero-order chi connectivity index (χ0) is 38.1. The van der Waals surface area contributed by atoms with E-state index in [1.54, 1.807) is 0 Å². The molecule has 10 aromatic rings. The Morgan fingerprint density at radius 2 is 0.877 bits per heavy atom.